The second-order valence-electron chi connectivity index (χ2n) is 5.37. The second kappa shape index (κ2) is 5.49. The van der Waals surface area contributed by atoms with E-state index in [0.717, 1.165) is 18.4 Å². The largest absolute Gasteiger partial charge is 0.353 e. The molecule has 0 heterocycles. The van der Waals surface area contributed by atoms with Crippen molar-refractivity contribution in [2.24, 2.45) is 5.73 Å². The maximum absolute atomic E-state index is 11.9. The first-order valence-electron chi connectivity index (χ1n) is 6.42. The predicted octanol–water partition coefficient (Wildman–Crippen LogP) is 1.55. The summed E-state index contributed by atoms with van der Waals surface area (Å²) in [6, 6.07) is 7.73. The van der Waals surface area contributed by atoms with Gasteiger partial charge in [0.2, 0.25) is 5.91 Å². The van der Waals surface area contributed by atoms with Crippen LogP contribution in [0.1, 0.15) is 24.4 Å². The van der Waals surface area contributed by atoms with Crippen LogP contribution < -0.4 is 11.1 Å². The Morgan fingerprint density at radius 2 is 2.11 bits per heavy atom. The van der Waals surface area contributed by atoms with Crippen LogP contribution in [0, 0.1) is 0 Å². The fourth-order valence-corrected chi connectivity index (χ4v) is 2.30. The highest BCUT2D eigenvalue weighted by atomic mass is 35.5. The molecular formula is C14H20ClN3O. The van der Waals surface area contributed by atoms with E-state index in [0.29, 0.717) is 11.6 Å². The summed E-state index contributed by atoms with van der Waals surface area (Å²) in [5, 5.41) is 3.64. The Balaban J connectivity index is 2.05. The summed E-state index contributed by atoms with van der Waals surface area (Å²) < 4.78 is 0. The van der Waals surface area contributed by atoms with Crippen LogP contribution in [-0.2, 0) is 4.79 Å². The number of halogens is 1. The number of nitrogens with zero attached hydrogens (tertiary/aromatic N) is 1. The lowest BCUT2D eigenvalue weighted by atomic mass is 10.1. The van der Waals surface area contributed by atoms with Gasteiger partial charge < -0.3 is 16.0 Å². The summed E-state index contributed by atoms with van der Waals surface area (Å²) in [4.78, 5) is 13.9. The van der Waals surface area contributed by atoms with E-state index in [1.807, 2.05) is 43.3 Å². The van der Waals surface area contributed by atoms with Gasteiger partial charge >= 0.3 is 0 Å². The lowest BCUT2D eigenvalue weighted by Gasteiger charge is -2.26. The molecule has 1 aliphatic rings. The molecule has 1 saturated carbocycles. The molecule has 0 saturated heterocycles. The van der Waals surface area contributed by atoms with E-state index in [-0.39, 0.29) is 11.9 Å². The third-order valence-electron chi connectivity index (χ3n) is 3.58. The van der Waals surface area contributed by atoms with E-state index in [4.69, 9.17) is 17.3 Å². The van der Waals surface area contributed by atoms with Gasteiger partial charge in [-0.1, -0.05) is 29.8 Å². The average Bonchev–Trinajstić information content (AvgIpc) is 3.10. The summed E-state index contributed by atoms with van der Waals surface area (Å²) in [7, 11) is 3.94. The van der Waals surface area contributed by atoms with Crippen LogP contribution in [-0.4, -0.2) is 37.0 Å². The molecule has 5 heteroatoms. The lowest BCUT2D eigenvalue weighted by molar-refractivity contribution is -0.123. The molecular weight excluding hydrogens is 262 g/mol. The number of carbonyl (C=O) groups is 1. The molecule has 19 heavy (non-hydrogen) atoms. The van der Waals surface area contributed by atoms with E-state index in [1.54, 1.807) is 0 Å². The molecule has 0 spiro atoms. The van der Waals surface area contributed by atoms with Gasteiger partial charge in [-0.25, -0.2) is 0 Å². The first kappa shape index (κ1) is 14.3. The van der Waals surface area contributed by atoms with Gasteiger partial charge in [0.25, 0.3) is 0 Å². The van der Waals surface area contributed by atoms with Crippen LogP contribution in [0.4, 0.5) is 0 Å². The van der Waals surface area contributed by atoms with Gasteiger partial charge in [-0.2, -0.15) is 0 Å². The Morgan fingerprint density at radius 3 is 2.63 bits per heavy atom. The third kappa shape index (κ3) is 3.26. The zero-order valence-electron chi connectivity index (χ0n) is 11.3. The standard InChI is InChI=1S/C14H20ClN3O/c1-18(2)12(10-5-3-4-6-11(10)15)9-17-13(19)14(16)7-8-14/h3-6,12H,7-9,16H2,1-2H3,(H,17,19). The van der Waals surface area contributed by atoms with Crippen molar-refractivity contribution in [3.8, 4) is 0 Å². The summed E-state index contributed by atoms with van der Waals surface area (Å²) >= 11 is 6.22. The molecule has 1 aliphatic carbocycles. The first-order chi connectivity index (χ1) is 8.94. The molecule has 1 aromatic rings. The van der Waals surface area contributed by atoms with Crippen LogP contribution in [0.15, 0.2) is 24.3 Å². The monoisotopic (exact) mass is 281 g/mol. The van der Waals surface area contributed by atoms with E-state index in [2.05, 4.69) is 5.32 Å². The van der Waals surface area contributed by atoms with Crippen molar-refractivity contribution in [1.82, 2.24) is 10.2 Å². The fraction of sp³-hybridized carbons (Fsp3) is 0.500. The molecule has 1 atom stereocenters. The highest BCUT2D eigenvalue weighted by molar-refractivity contribution is 6.31. The number of hydrogen-bond acceptors (Lipinski definition) is 3. The molecule has 0 bridgehead atoms. The first-order valence-corrected chi connectivity index (χ1v) is 6.80. The molecule has 0 aromatic heterocycles. The zero-order valence-corrected chi connectivity index (χ0v) is 12.1. The van der Waals surface area contributed by atoms with Crippen LogP contribution in [0.3, 0.4) is 0 Å². The quantitative estimate of drug-likeness (QED) is 0.861. The number of amides is 1. The van der Waals surface area contributed by atoms with Crippen molar-refractivity contribution >= 4 is 17.5 Å². The van der Waals surface area contributed by atoms with Crippen molar-refractivity contribution < 1.29 is 4.79 Å². The normalized spacial score (nSPS) is 18.2. The molecule has 0 aliphatic heterocycles. The van der Waals surface area contributed by atoms with E-state index in [9.17, 15) is 4.79 Å². The van der Waals surface area contributed by atoms with Crippen LogP contribution in [0.25, 0.3) is 0 Å². The molecule has 1 fully saturated rings. The molecule has 2 rings (SSSR count). The summed E-state index contributed by atoms with van der Waals surface area (Å²) in [5.74, 6) is -0.0635. The number of nitrogens with two attached hydrogens (primary N) is 1. The average molecular weight is 282 g/mol. The molecule has 4 nitrogen and oxygen atoms in total. The van der Waals surface area contributed by atoms with Gasteiger partial charge in [0.15, 0.2) is 0 Å². The van der Waals surface area contributed by atoms with Crippen molar-refractivity contribution in [2.75, 3.05) is 20.6 Å². The number of nitrogens with one attached hydrogen (secondary N) is 1. The van der Waals surface area contributed by atoms with Gasteiger partial charge in [-0.3, -0.25) is 4.79 Å². The SMILES string of the molecule is CN(C)C(CNC(=O)C1(N)CC1)c1ccccc1Cl. The number of likely N-dealkylation sites (N-methyl/N-ethyl adjacent to an activating group) is 1. The molecule has 1 aromatic carbocycles. The van der Waals surface area contributed by atoms with Gasteiger partial charge in [-0.15, -0.1) is 0 Å². The van der Waals surface area contributed by atoms with Crippen LogP contribution in [0.2, 0.25) is 5.02 Å². The number of carbonyl (C=O) groups excluding carboxylic acids is 1. The van der Waals surface area contributed by atoms with E-state index >= 15 is 0 Å². The third-order valence-corrected chi connectivity index (χ3v) is 3.93. The summed E-state index contributed by atoms with van der Waals surface area (Å²) in [5.41, 5.74) is 6.25. The highest BCUT2D eigenvalue weighted by Gasteiger charge is 2.45. The molecule has 104 valence electrons. The maximum atomic E-state index is 11.9. The highest BCUT2D eigenvalue weighted by Crippen LogP contribution is 2.32. The number of hydrogen-bond donors (Lipinski definition) is 2. The predicted molar refractivity (Wildman–Crippen MR) is 77.0 cm³/mol. The van der Waals surface area contributed by atoms with Crippen molar-refractivity contribution in [1.29, 1.82) is 0 Å². The fourth-order valence-electron chi connectivity index (χ4n) is 2.04. The van der Waals surface area contributed by atoms with Gasteiger partial charge in [0.1, 0.15) is 0 Å². The van der Waals surface area contributed by atoms with Crippen molar-refractivity contribution in [2.45, 2.75) is 24.4 Å². The van der Waals surface area contributed by atoms with Crippen molar-refractivity contribution in [3.63, 3.8) is 0 Å². The number of rotatable bonds is 5. The van der Waals surface area contributed by atoms with Crippen LogP contribution in [0.5, 0.6) is 0 Å². The van der Waals surface area contributed by atoms with Crippen LogP contribution >= 0.6 is 11.6 Å². The Hall–Kier alpha value is -1.10. The topological polar surface area (TPSA) is 58.4 Å². The Kier molecular flexibility index (Phi) is 4.13. The maximum Gasteiger partial charge on any atom is 0.240 e. The minimum Gasteiger partial charge on any atom is -0.353 e. The zero-order chi connectivity index (χ0) is 14.0. The molecule has 0 radical (unpaired) electrons. The summed E-state index contributed by atoms with van der Waals surface area (Å²) in [6.45, 7) is 0.508. The molecule has 3 N–H and O–H groups in total. The second-order valence-corrected chi connectivity index (χ2v) is 5.77. The Morgan fingerprint density at radius 1 is 1.47 bits per heavy atom. The number of benzene rings is 1. The molecule has 1 amide bonds. The summed E-state index contributed by atoms with van der Waals surface area (Å²) in [6.07, 6.45) is 1.55. The Labute approximate surface area is 118 Å². The molecule has 1 unspecified atom stereocenters. The lowest BCUT2D eigenvalue weighted by Crippen LogP contribution is -2.45. The van der Waals surface area contributed by atoms with E-state index < -0.39 is 5.54 Å². The minimum atomic E-state index is -0.628. The Bertz CT molecular complexity index is 472. The van der Waals surface area contributed by atoms with Gasteiger partial charge in [0.05, 0.1) is 11.6 Å². The minimum absolute atomic E-state index is 0.0417. The smallest absolute Gasteiger partial charge is 0.240 e. The van der Waals surface area contributed by atoms with E-state index in [1.165, 1.54) is 0 Å². The van der Waals surface area contributed by atoms with Crippen molar-refractivity contribution in [3.05, 3.63) is 34.9 Å². The van der Waals surface area contributed by atoms with Gasteiger partial charge in [-0.05, 0) is 38.6 Å². The van der Waals surface area contributed by atoms with Gasteiger partial charge in [0, 0.05) is 11.6 Å².